The molecule has 3 nitrogen and oxygen atoms in total. The van der Waals surface area contributed by atoms with Crippen molar-refractivity contribution in [1.29, 1.82) is 0 Å². The Kier molecular flexibility index (Phi) is 6.73. The highest BCUT2D eigenvalue weighted by Crippen LogP contribution is 2.51. The molecule has 1 aromatic rings. The van der Waals surface area contributed by atoms with Gasteiger partial charge in [-0.1, -0.05) is 69.7 Å². The van der Waals surface area contributed by atoms with Gasteiger partial charge in [0.05, 0.1) is 21.1 Å². The van der Waals surface area contributed by atoms with Gasteiger partial charge in [0, 0.05) is 10.3 Å². The molecule has 2 aliphatic carbocycles. The lowest BCUT2D eigenvalue weighted by Gasteiger charge is -2.46. The summed E-state index contributed by atoms with van der Waals surface area (Å²) in [5, 5.41) is 3.93. The molecule has 2 saturated carbocycles. The van der Waals surface area contributed by atoms with Crippen LogP contribution in [0.4, 0.5) is 5.69 Å². The Bertz CT molecular complexity index is 761. The van der Waals surface area contributed by atoms with Crippen LogP contribution in [0.1, 0.15) is 72.1 Å². The highest BCUT2D eigenvalue weighted by Gasteiger charge is 2.47. The molecule has 0 heterocycles. The van der Waals surface area contributed by atoms with Crippen LogP contribution < -0.4 is 5.32 Å². The molecule has 0 atom stereocenters. The summed E-state index contributed by atoms with van der Waals surface area (Å²) in [5.41, 5.74) is -0.182. The van der Waals surface area contributed by atoms with Gasteiger partial charge < -0.3 is 5.32 Å². The van der Waals surface area contributed by atoms with Crippen LogP contribution in [0.25, 0.3) is 0 Å². The number of carbonyl (C=O) groups excluding carboxylic acids is 2. The van der Waals surface area contributed by atoms with E-state index in [0.29, 0.717) is 26.5 Å². The molecule has 1 amide bonds. The van der Waals surface area contributed by atoms with E-state index in [2.05, 4.69) is 5.32 Å². The minimum atomic E-state index is -0.491. The van der Waals surface area contributed by atoms with Crippen LogP contribution in [0.2, 0.25) is 10.0 Å². The summed E-state index contributed by atoms with van der Waals surface area (Å²) in [7, 11) is 0. The highest BCUT2D eigenvalue weighted by atomic mass is 35.5. The molecular formula is C22H29Cl2NO2S. The Balaban J connectivity index is 1.89. The topological polar surface area (TPSA) is 46.2 Å². The van der Waals surface area contributed by atoms with E-state index in [4.69, 9.17) is 23.2 Å². The summed E-state index contributed by atoms with van der Waals surface area (Å²) in [6.07, 6.45) is 8.83. The first-order chi connectivity index (χ1) is 13.1. The van der Waals surface area contributed by atoms with E-state index in [-0.39, 0.29) is 16.4 Å². The van der Waals surface area contributed by atoms with Gasteiger partial charge in [-0.15, -0.1) is 0 Å². The Morgan fingerprint density at radius 3 is 2.18 bits per heavy atom. The van der Waals surface area contributed by atoms with Crippen molar-refractivity contribution in [2.75, 3.05) is 5.32 Å². The number of rotatable bonds is 3. The predicted octanol–water partition coefficient (Wildman–Crippen LogP) is 7.35. The second-order valence-corrected chi connectivity index (χ2v) is 11.0. The van der Waals surface area contributed by atoms with Gasteiger partial charge in [0.2, 0.25) is 5.91 Å². The van der Waals surface area contributed by atoms with E-state index in [0.717, 1.165) is 50.3 Å². The van der Waals surface area contributed by atoms with Crippen molar-refractivity contribution < 1.29 is 9.59 Å². The first kappa shape index (κ1) is 22.0. The molecule has 1 N–H and O–H groups in total. The molecule has 154 valence electrons. The third-order valence-corrected chi connectivity index (χ3v) is 8.25. The van der Waals surface area contributed by atoms with Crippen molar-refractivity contribution in [2.45, 2.75) is 77.0 Å². The molecule has 2 fully saturated rings. The van der Waals surface area contributed by atoms with E-state index < -0.39 is 5.41 Å². The number of nitrogens with one attached hydrogen (secondary N) is 1. The Hall–Kier alpha value is -0.710. The first-order valence-corrected chi connectivity index (χ1v) is 11.7. The molecule has 1 aromatic carbocycles. The van der Waals surface area contributed by atoms with Gasteiger partial charge in [-0.3, -0.25) is 9.59 Å². The average molecular weight is 442 g/mol. The first-order valence-electron chi connectivity index (χ1n) is 10.2. The summed E-state index contributed by atoms with van der Waals surface area (Å²) >= 11 is 13.6. The minimum Gasteiger partial charge on any atom is -0.325 e. The number of benzene rings is 1. The molecular weight excluding hydrogens is 413 g/mol. The number of halogens is 2. The van der Waals surface area contributed by atoms with Crippen LogP contribution >= 0.6 is 35.0 Å². The summed E-state index contributed by atoms with van der Waals surface area (Å²) in [4.78, 5) is 26.7. The fraction of sp³-hybridized carbons (Fsp3) is 0.636. The molecule has 0 bridgehead atoms. The molecule has 0 saturated heterocycles. The zero-order chi connectivity index (χ0) is 20.5. The molecule has 28 heavy (non-hydrogen) atoms. The van der Waals surface area contributed by atoms with Gasteiger partial charge in [-0.2, -0.15) is 0 Å². The molecule has 0 spiro atoms. The summed E-state index contributed by atoms with van der Waals surface area (Å²) in [6, 6.07) is 3.36. The van der Waals surface area contributed by atoms with E-state index in [1.165, 1.54) is 12.8 Å². The van der Waals surface area contributed by atoms with Crippen molar-refractivity contribution in [1.82, 2.24) is 0 Å². The van der Waals surface area contributed by atoms with Gasteiger partial charge in [0.25, 0.3) is 0 Å². The normalized spacial score (nSPS) is 25.1. The molecule has 0 radical (unpaired) electrons. The summed E-state index contributed by atoms with van der Waals surface area (Å²) < 4.78 is 0. The standard InChI is InChI=1S/C22H29Cl2NO2S/c1-21(2,3)20(27)28-18-13-16(24)15(23)12-17(18)25-19(26)22-10-6-4-8-14(22)9-5-7-11-22/h12-14H,4-11H2,1-3H3,(H,25,26)/t14-,22-. The van der Waals surface area contributed by atoms with Gasteiger partial charge >= 0.3 is 0 Å². The van der Waals surface area contributed by atoms with Crippen LogP contribution in [0, 0.1) is 16.7 Å². The van der Waals surface area contributed by atoms with Crippen LogP contribution in [0.15, 0.2) is 17.0 Å². The number of hydrogen-bond donors (Lipinski definition) is 1. The maximum Gasteiger partial charge on any atom is 0.230 e. The zero-order valence-corrected chi connectivity index (χ0v) is 19.2. The summed E-state index contributed by atoms with van der Waals surface area (Å²) in [5.74, 6) is 0.547. The zero-order valence-electron chi connectivity index (χ0n) is 16.9. The van der Waals surface area contributed by atoms with Crippen LogP contribution in [0.3, 0.4) is 0 Å². The lowest BCUT2D eigenvalue weighted by atomic mass is 9.59. The fourth-order valence-electron chi connectivity index (χ4n) is 4.52. The number of fused-ring (bicyclic) bond motifs is 1. The number of thioether (sulfide) groups is 1. The lowest BCUT2D eigenvalue weighted by molar-refractivity contribution is -0.133. The smallest absolute Gasteiger partial charge is 0.230 e. The monoisotopic (exact) mass is 441 g/mol. The maximum atomic E-state index is 13.5. The Labute approximate surface area is 182 Å². The number of anilines is 1. The molecule has 2 aliphatic rings. The number of hydrogen-bond acceptors (Lipinski definition) is 3. The van der Waals surface area contributed by atoms with Gasteiger partial charge in [-0.25, -0.2) is 0 Å². The molecule has 0 unspecified atom stereocenters. The molecule has 0 aliphatic heterocycles. The van der Waals surface area contributed by atoms with Crippen molar-refractivity contribution in [2.24, 2.45) is 16.7 Å². The van der Waals surface area contributed by atoms with Crippen LogP contribution in [-0.4, -0.2) is 11.0 Å². The fourth-order valence-corrected chi connectivity index (χ4v) is 5.81. The molecule has 6 heteroatoms. The van der Waals surface area contributed by atoms with Crippen molar-refractivity contribution >= 4 is 51.7 Å². The van der Waals surface area contributed by atoms with Gasteiger partial charge in [0.15, 0.2) is 5.12 Å². The Morgan fingerprint density at radius 1 is 1.04 bits per heavy atom. The van der Waals surface area contributed by atoms with Gasteiger partial charge in [-0.05, 0) is 55.5 Å². The van der Waals surface area contributed by atoms with Crippen LogP contribution in [0.5, 0.6) is 0 Å². The largest absolute Gasteiger partial charge is 0.325 e. The molecule has 0 aromatic heterocycles. The van der Waals surface area contributed by atoms with E-state index in [1.54, 1.807) is 12.1 Å². The number of carbonyl (C=O) groups is 2. The summed E-state index contributed by atoms with van der Waals surface area (Å²) in [6.45, 7) is 5.64. The van der Waals surface area contributed by atoms with Crippen LogP contribution in [-0.2, 0) is 9.59 Å². The van der Waals surface area contributed by atoms with E-state index in [1.807, 2.05) is 20.8 Å². The Morgan fingerprint density at radius 2 is 1.61 bits per heavy atom. The third kappa shape index (κ3) is 4.55. The maximum absolute atomic E-state index is 13.5. The van der Waals surface area contributed by atoms with E-state index >= 15 is 0 Å². The second kappa shape index (κ2) is 8.57. The molecule has 3 rings (SSSR count). The number of amides is 1. The highest BCUT2D eigenvalue weighted by molar-refractivity contribution is 8.13. The van der Waals surface area contributed by atoms with E-state index in [9.17, 15) is 9.59 Å². The lowest BCUT2D eigenvalue weighted by Crippen LogP contribution is -2.46. The minimum absolute atomic E-state index is 0.0211. The predicted molar refractivity (Wildman–Crippen MR) is 118 cm³/mol. The average Bonchev–Trinajstić information content (AvgIpc) is 2.64. The SMILES string of the molecule is CC(C)(C)C(=O)Sc1cc(Cl)c(Cl)cc1NC(=O)[C@]12CCCC[C@H]1CCCC2. The van der Waals surface area contributed by atoms with Crippen molar-refractivity contribution in [3.05, 3.63) is 22.2 Å². The van der Waals surface area contributed by atoms with Crippen molar-refractivity contribution in [3.63, 3.8) is 0 Å². The van der Waals surface area contributed by atoms with Crippen molar-refractivity contribution in [3.8, 4) is 0 Å². The van der Waals surface area contributed by atoms with Gasteiger partial charge in [0.1, 0.15) is 0 Å². The third-order valence-electron chi connectivity index (χ3n) is 6.17. The second-order valence-electron chi connectivity index (χ2n) is 9.20. The quantitative estimate of drug-likeness (QED) is 0.498.